The lowest BCUT2D eigenvalue weighted by Gasteiger charge is -2.36. The molecule has 2 aliphatic heterocycles. The van der Waals surface area contributed by atoms with Gasteiger partial charge in [0.25, 0.3) is 0 Å². The van der Waals surface area contributed by atoms with Gasteiger partial charge < -0.3 is 40.0 Å². The van der Waals surface area contributed by atoms with Gasteiger partial charge in [-0.05, 0) is 36.8 Å². The Bertz CT molecular complexity index is 1110. The van der Waals surface area contributed by atoms with Crippen LogP contribution in [0, 0.1) is 0 Å². The summed E-state index contributed by atoms with van der Waals surface area (Å²) in [4.78, 5) is 44.6. The fourth-order valence-electron chi connectivity index (χ4n) is 5.68. The number of nitrogens with zero attached hydrogens (tertiary/aromatic N) is 2. The van der Waals surface area contributed by atoms with Crippen molar-refractivity contribution in [2.24, 2.45) is 0 Å². The summed E-state index contributed by atoms with van der Waals surface area (Å²) < 4.78 is 10.5. The molecule has 2 heterocycles. The lowest BCUT2D eigenvalue weighted by molar-refractivity contribution is -0.140. The quantitative estimate of drug-likeness (QED) is 0.218. The molecule has 0 bridgehead atoms. The molecule has 2 aromatic rings. The van der Waals surface area contributed by atoms with Gasteiger partial charge in [0.2, 0.25) is 11.8 Å². The molecular weight excluding hydrogens is 539 g/mol. The molecule has 3 atom stereocenters. The summed E-state index contributed by atoms with van der Waals surface area (Å²) in [6.45, 7) is 2.42. The minimum atomic E-state index is -1.75. The Hall–Kier alpha value is -3.45. The summed E-state index contributed by atoms with van der Waals surface area (Å²) in [5.41, 5.74) is 1.71. The second-order valence-electron chi connectivity index (χ2n) is 10.7. The van der Waals surface area contributed by atoms with Crippen molar-refractivity contribution >= 4 is 25.0 Å². The molecule has 4 rings (SSSR count). The number of morpholine rings is 1. The van der Waals surface area contributed by atoms with E-state index < -0.39 is 37.0 Å². The Morgan fingerprint density at radius 2 is 1.60 bits per heavy atom. The molecular formula is C30H41BN4O7. The Labute approximate surface area is 247 Å². The molecule has 2 saturated heterocycles. The SMILES string of the molecule is COCCC[C@@H](NC(=O)C1CCCN1C(=O)[C@H](NC(=O)N1CCOCC1)C(c1ccccc1)c1ccccc1)B(O)O. The molecule has 4 amide bonds. The Kier molecular flexibility index (Phi) is 11.8. The molecule has 12 heteroatoms. The number of urea groups is 1. The number of amides is 4. The number of carbonyl (C=O) groups is 3. The second kappa shape index (κ2) is 15.7. The second-order valence-corrected chi connectivity index (χ2v) is 10.7. The molecule has 4 N–H and O–H groups in total. The van der Waals surface area contributed by atoms with Crippen LogP contribution in [0.5, 0.6) is 0 Å². The number of benzene rings is 2. The van der Waals surface area contributed by atoms with Crippen molar-refractivity contribution in [2.45, 2.75) is 49.6 Å². The topological polar surface area (TPSA) is 141 Å². The summed E-state index contributed by atoms with van der Waals surface area (Å²) in [5.74, 6) is -2.24. The molecule has 0 aliphatic carbocycles. The van der Waals surface area contributed by atoms with E-state index in [2.05, 4.69) is 10.6 Å². The van der Waals surface area contributed by atoms with E-state index in [4.69, 9.17) is 9.47 Å². The van der Waals surface area contributed by atoms with Crippen LogP contribution in [0.25, 0.3) is 0 Å². The third-order valence-electron chi connectivity index (χ3n) is 7.88. The van der Waals surface area contributed by atoms with Crippen LogP contribution in [0.4, 0.5) is 4.79 Å². The summed E-state index contributed by atoms with van der Waals surface area (Å²) >= 11 is 0. The molecule has 0 saturated carbocycles. The molecule has 0 aromatic heterocycles. The van der Waals surface area contributed by atoms with Crippen LogP contribution >= 0.6 is 0 Å². The molecule has 0 spiro atoms. The van der Waals surface area contributed by atoms with Gasteiger partial charge in [0.1, 0.15) is 12.1 Å². The maximum absolute atomic E-state index is 14.5. The molecule has 0 radical (unpaired) electrons. The first-order chi connectivity index (χ1) is 20.4. The van der Waals surface area contributed by atoms with Crippen LogP contribution in [0.1, 0.15) is 42.7 Å². The van der Waals surface area contributed by atoms with Crippen molar-refractivity contribution in [3.05, 3.63) is 71.8 Å². The van der Waals surface area contributed by atoms with Gasteiger partial charge in [-0.25, -0.2) is 4.79 Å². The van der Waals surface area contributed by atoms with Gasteiger partial charge in [0, 0.05) is 39.3 Å². The molecule has 2 fully saturated rings. The van der Waals surface area contributed by atoms with Crippen LogP contribution in [0.2, 0.25) is 0 Å². The lowest BCUT2D eigenvalue weighted by atomic mass is 9.76. The Morgan fingerprint density at radius 1 is 0.976 bits per heavy atom. The standard InChI is InChI=1S/C30H41BN4O7/c1-41-19-9-15-25(31(39)40)32-28(36)24-14-8-16-35(24)29(37)27(33-30(38)34-17-20-42-21-18-34)26(22-10-4-2-5-11-22)23-12-6-3-7-13-23/h2-7,10-13,24-27,39-40H,8-9,14-21H2,1H3,(H,32,36)(H,33,38)/t24?,25-,27-/m1/s1. The van der Waals surface area contributed by atoms with Crippen molar-refractivity contribution in [2.75, 3.05) is 46.6 Å². The van der Waals surface area contributed by atoms with E-state index in [0.29, 0.717) is 65.1 Å². The minimum Gasteiger partial charge on any atom is -0.426 e. The number of methoxy groups -OCH3 is 1. The number of carbonyl (C=O) groups excluding carboxylic acids is 3. The number of hydrogen-bond acceptors (Lipinski definition) is 7. The number of hydrogen-bond donors (Lipinski definition) is 4. The van der Waals surface area contributed by atoms with E-state index in [-0.39, 0.29) is 11.9 Å². The average molecular weight is 580 g/mol. The first-order valence-corrected chi connectivity index (χ1v) is 14.6. The van der Waals surface area contributed by atoms with Gasteiger partial charge in [0.15, 0.2) is 0 Å². The van der Waals surface area contributed by atoms with Gasteiger partial charge in [-0.1, -0.05) is 60.7 Å². The normalized spacial score (nSPS) is 18.4. The Balaban J connectivity index is 1.63. The van der Waals surface area contributed by atoms with E-state index in [0.717, 1.165) is 11.1 Å². The van der Waals surface area contributed by atoms with Crippen LogP contribution in [-0.2, 0) is 19.1 Å². The van der Waals surface area contributed by atoms with E-state index in [1.807, 2.05) is 60.7 Å². The van der Waals surface area contributed by atoms with Gasteiger partial charge in [-0.2, -0.15) is 0 Å². The third kappa shape index (κ3) is 8.10. The highest BCUT2D eigenvalue weighted by Gasteiger charge is 2.42. The van der Waals surface area contributed by atoms with Crippen LogP contribution < -0.4 is 10.6 Å². The lowest BCUT2D eigenvalue weighted by Crippen LogP contribution is -2.59. The largest absolute Gasteiger partial charge is 0.475 e. The molecule has 11 nitrogen and oxygen atoms in total. The zero-order valence-electron chi connectivity index (χ0n) is 24.1. The van der Waals surface area contributed by atoms with Gasteiger partial charge in [-0.3, -0.25) is 9.59 Å². The van der Waals surface area contributed by atoms with Gasteiger partial charge in [-0.15, -0.1) is 0 Å². The van der Waals surface area contributed by atoms with Crippen LogP contribution in [0.15, 0.2) is 60.7 Å². The summed E-state index contributed by atoms with van der Waals surface area (Å²) in [6, 6.07) is 16.9. The van der Waals surface area contributed by atoms with Crippen molar-refractivity contribution < 1.29 is 33.9 Å². The van der Waals surface area contributed by atoms with E-state index >= 15 is 0 Å². The number of rotatable bonds is 12. The molecule has 2 aliphatic rings. The number of likely N-dealkylation sites (tertiary alicyclic amines) is 1. The molecule has 42 heavy (non-hydrogen) atoms. The van der Waals surface area contributed by atoms with Crippen molar-refractivity contribution in [1.82, 2.24) is 20.4 Å². The van der Waals surface area contributed by atoms with E-state index in [1.54, 1.807) is 12.0 Å². The number of nitrogens with one attached hydrogen (secondary N) is 2. The maximum Gasteiger partial charge on any atom is 0.475 e. The minimum absolute atomic E-state index is 0.306. The fourth-order valence-corrected chi connectivity index (χ4v) is 5.68. The number of ether oxygens (including phenoxy) is 2. The maximum atomic E-state index is 14.5. The molecule has 2 aromatic carbocycles. The Morgan fingerprint density at radius 3 is 2.17 bits per heavy atom. The van der Waals surface area contributed by atoms with E-state index in [1.165, 1.54) is 4.90 Å². The van der Waals surface area contributed by atoms with Gasteiger partial charge >= 0.3 is 13.1 Å². The highest BCUT2D eigenvalue weighted by molar-refractivity contribution is 6.43. The van der Waals surface area contributed by atoms with Crippen LogP contribution in [0.3, 0.4) is 0 Å². The predicted octanol–water partition coefficient (Wildman–Crippen LogP) is 1.14. The average Bonchev–Trinajstić information content (AvgIpc) is 3.52. The summed E-state index contributed by atoms with van der Waals surface area (Å²) in [6.07, 6.45) is 1.86. The van der Waals surface area contributed by atoms with E-state index in [9.17, 15) is 24.4 Å². The smallest absolute Gasteiger partial charge is 0.426 e. The van der Waals surface area contributed by atoms with Crippen LogP contribution in [-0.4, -0.2) is 109 Å². The fraction of sp³-hybridized carbons (Fsp3) is 0.500. The first kappa shape index (κ1) is 31.5. The first-order valence-electron chi connectivity index (χ1n) is 14.6. The molecule has 1 unspecified atom stereocenters. The monoisotopic (exact) mass is 580 g/mol. The zero-order chi connectivity index (χ0) is 29.9. The predicted molar refractivity (Wildman–Crippen MR) is 157 cm³/mol. The van der Waals surface area contributed by atoms with Crippen molar-refractivity contribution in [1.29, 1.82) is 0 Å². The zero-order valence-corrected chi connectivity index (χ0v) is 24.1. The highest BCUT2D eigenvalue weighted by Crippen LogP contribution is 2.31. The summed E-state index contributed by atoms with van der Waals surface area (Å²) in [5, 5.41) is 25.5. The highest BCUT2D eigenvalue weighted by atomic mass is 16.5. The summed E-state index contributed by atoms with van der Waals surface area (Å²) in [7, 11) is -0.199. The third-order valence-corrected chi connectivity index (χ3v) is 7.88. The van der Waals surface area contributed by atoms with Crippen molar-refractivity contribution in [3.8, 4) is 0 Å². The van der Waals surface area contributed by atoms with Gasteiger partial charge in [0.05, 0.1) is 19.2 Å². The van der Waals surface area contributed by atoms with Crippen molar-refractivity contribution in [3.63, 3.8) is 0 Å². The molecule has 226 valence electrons.